The maximum absolute atomic E-state index is 14.7. The van der Waals surface area contributed by atoms with Gasteiger partial charge in [0, 0.05) is 35.9 Å². The number of benzene rings is 1. The molecule has 1 aromatic carbocycles. The molecule has 2 saturated heterocycles. The van der Waals surface area contributed by atoms with Gasteiger partial charge in [0.05, 0.1) is 48.1 Å². The Balaban J connectivity index is 1.38. The summed E-state index contributed by atoms with van der Waals surface area (Å²) >= 11 is 0. The second kappa shape index (κ2) is 9.67. The van der Waals surface area contributed by atoms with Gasteiger partial charge in [-0.15, -0.1) is 0 Å². The number of rotatable bonds is 6. The highest BCUT2D eigenvalue weighted by molar-refractivity contribution is 5.91. The quantitative estimate of drug-likeness (QED) is 0.524. The van der Waals surface area contributed by atoms with Gasteiger partial charge in [-0.1, -0.05) is 18.2 Å². The molecule has 2 N–H and O–H groups in total. The molecule has 2 aliphatic rings. The first kappa shape index (κ1) is 24.5. The molecule has 0 bridgehead atoms. The van der Waals surface area contributed by atoms with Crippen LogP contribution in [0.25, 0.3) is 10.9 Å². The lowest BCUT2D eigenvalue weighted by atomic mass is 9.86. The van der Waals surface area contributed by atoms with E-state index in [1.54, 1.807) is 36.4 Å². The molecule has 7 nitrogen and oxygen atoms in total. The largest absolute Gasteiger partial charge is 0.383 e. The number of halogens is 3. The third kappa shape index (κ3) is 4.51. The first-order chi connectivity index (χ1) is 17.3. The van der Waals surface area contributed by atoms with Crippen LogP contribution in [0.15, 0.2) is 42.7 Å². The number of nitrogens with zero attached hydrogens (tertiary/aromatic N) is 3. The Morgan fingerprint density at radius 2 is 1.92 bits per heavy atom. The summed E-state index contributed by atoms with van der Waals surface area (Å²) in [5, 5.41) is 15.3. The van der Waals surface area contributed by atoms with E-state index in [9.17, 15) is 23.1 Å². The minimum Gasteiger partial charge on any atom is -0.383 e. The van der Waals surface area contributed by atoms with Gasteiger partial charge in [-0.2, -0.15) is 0 Å². The Labute approximate surface area is 206 Å². The van der Waals surface area contributed by atoms with Crippen molar-refractivity contribution >= 4 is 22.5 Å². The van der Waals surface area contributed by atoms with Crippen LogP contribution in [0, 0.1) is 11.7 Å². The summed E-state index contributed by atoms with van der Waals surface area (Å²) in [6.45, 7) is 3.42. The zero-order chi connectivity index (χ0) is 25.4. The zero-order valence-corrected chi connectivity index (χ0v) is 19.8. The summed E-state index contributed by atoms with van der Waals surface area (Å²) < 4.78 is 46.1. The molecular formula is C26H27F3N4O3. The third-order valence-electron chi connectivity index (χ3n) is 7.13. The van der Waals surface area contributed by atoms with Gasteiger partial charge in [-0.05, 0) is 31.9 Å². The number of likely N-dealkylation sites (tertiary alicyclic amines) is 1. The van der Waals surface area contributed by atoms with Crippen molar-refractivity contribution in [1.29, 1.82) is 0 Å². The van der Waals surface area contributed by atoms with E-state index in [2.05, 4.69) is 15.3 Å². The fraction of sp³-hybridized carbons (Fsp3) is 0.423. The van der Waals surface area contributed by atoms with Gasteiger partial charge in [0.15, 0.2) is 0 Å². The van der Waals surface area contributed by atoms with Crippen LogP contribution in [0.2, 0.25) is 0 Å². The molecule has 190 valence electrons. The first-order valence-corrected chi connectivity index (χ1v) is 11.9. The van der Waals surface area contributed by atoms with Crippen molar-refractivity contribution in [3.63, 3.8) is 0 Å². The number of alkyl halides is 2. The van der Waals surface area contributed by atoms with E-state index in [0.29, 0.717) is 61.4 Å². The van der Waals surface area contributed by atoms with Gasteiger partial charge in [0.1, 0.15) is 11.4 Å². The van der Waals surface area contributed by atoms with Crippen molar-refractivity contribution in [2.75, 3.05) is 31.6 Å². The van der Waals surface area contributed by atoms with Crippen molar-refractivity contribution in [3.8, 4) is 0 Å². The number of nitrogens with one attached hydrogen (secondary N) is 1. The van der Waals surface area contributed by atoms with Crippen LogP contribution in [-0.4, -0.2) is 52.2 Å². The number of carbonyl (C=O) groups excluding carboxylic acids is 1. The smallest absolute Gasteiger partial charge is 0.266 e. The van der Waals surface area contributed by atoms with E-state index in [0.717, 1.165) is 6.07 Å². The highest BCUT2D eigenvalue weighted by Gasteiger charge is 2.39. The molecule has 0 aliphatic carbocycles. The molecule has 5 rings (SSSR count). The number of carbonyl (C=O) groups is 1. The highest BCUT2D eigenvalue weighted by Crippen LogP contribution is 2.36. The number of amides is 1. The van der Waals surface area contributed by atoms with E-state index in [4.69, 9.17) is 4.74 Å². The summed E-state index contributed by atoms with van der Waals surface area (Å²) in [5.41, 5.74) is -0.0807. The molecule has 2 fully saturated rings. The van der Waals surface area contributed by atoms with Crippen LogP contribution < -0.4 is 5.32 Å². The number of aromatic nitrogens is 2. The maximum Gasteiger partial charge on any atom is 0.266 e. The second-order valence-corrected chi connectivity index (χ2v) is 9.45. The van der Waals surface area contributed by atoms with Gasteiger partial charge in [0.25, 0.3) is 6.43 Å². The number of pyridine rings is 2. The van der Waals surface area contributed by atoms with E-state index >= 15 is 0 Å². The summed E-state index contributed by atoms with van der Waals surface area (Å²) in [7, 11) is 0. The Bertz CT molecular complexity index is 1280. The van der Waals surface area contributed by atoms with E-state index in [1.165, 1.54) is 12.1 Å². The summed E-state index contributed by atoms with van der Waals surface area (Å²) in [4.78, 5) is 23.1. The molecule has 0 spiro atoms. The van der Waals surface area contributed by atoms with Crippen molar-refractivity contribution in [2.45, 2.75) is 37.8 Å². The molecule has 1 amide bonds. The van der Waals surface area contributed by atoms with E-state index in [-0.39, 0.29) is 17.4 Å². The summed E-state index contributed by atoms with van der Waals surface area (Å²) in [5.74, 6) is -0.970. The molecule has 4 heterocycles. The standard InChI is InChI=1S/C26H27F3N4O3/c1-15(17-3-2-4-18(23(17)27)24(28)29)32-20-5-8-30-21-12-31-22(11-19(20)21)26(35)6-9-33(10-7-26)25(34)16-13-36-14-16/h2-5,8,11-12,15-16,24,35H,6-7,9-10,13-14H2,1H3,(H,30,32)/t15-/m1/s1. The molecule has 0 saturated carbocycles. The highest BCUT2D eigenvalue weighted by atomic mass is 19.3. The minimum absolute atomic E-state index is 0.0580. The monoisotopic (exact) mass is 500 g/mol. The Morgan fingerprint density at radius 1 is 1.19 bits per heavy atom. The maximum atomic E-state index is 14.7. The summed E-state index contributed by atoms with van der Waals surface area (Å²) in [6.07, 6.45) is 0.927. The van der Waals surface area contributed by atoms with Gasteiger partial charge < -0.3 is 20.1 Å². The van der Waals surface area contributed by atoms with Gasteiger partial charge in [-0.3, -0.25) is 14.8 Å². The fourth-order valence-corrected chi connectivity index (χ4v) is 4.80. The molecule has 2 aromatic heterocycles. The minimum atomic E-state index is -2.91. The summed E-state index contributed by atoms with van der Waals surface area (Å²) in [6, 6.07) is 6.82. The number of hydrogen-bond donors (Lipinski definition) is 2. The lowest BCUT2D eigenvalue weighted by Crippen LogP contribution is -2.50. The number of hydrogen-bond acceptors (Lipinski definition) is 6. The third-order valence-corrected chi connectivity index (χ3v) is 7.13. The van der Waals surface area contributed by atoms with Gasteiger partial charge in [0.2, 0.25) is 5.91 Å². The predicted octanol–water partition coefficient (Wildman–Crippen LogP) is 4.34. The Morgan fingerprint density at radius 3 is 2.58 bits per heavy atom. The molecule has 36 heavy (non-hydrogen) atoms. The number of fused-ring (bicyclic) bond motifs is 1. The van der Waals surface area contributed by atoms with Crippen molar-refractivity contribution < 1.29 is 27.8 Å². The van der Waals surface area contributed by atoms with Crippen LogP contribution in [0.1, 0.15) is 49.1 Å². The van der Waals surface area contributed by atoms with Crippen LogP contribution in [0.4, 0.5) is 18.9 Å². The normalized spacial score (nSPS) is 18.8. The van der Waals surface area contributed by atoms with E-state index in [1.807, 2.05) is 0 Å². The molecule has 2 aliphatic heterocycles. The fourth-order valence-electron chi connectivity index (χ4n) is 4.80. The van der Waals surface area contributed by atoms with E-state index < -0.39 is 29.4 Å². The molecule has 0 radical (unpaired) electrons. The van der Waals surface area contributed by atoms with Crippen molar-refractivity contribution in [3.05, 3.63) is 65.4 Å². The number of aliphatic hydroxyl groups is 1. The average molecular weight is 501 g/mol. The van der Waals surface area contributed by atoms with Crippen molar-refractivity contribution in [1.82, 2.24) is 14.9 Å². The van der Waals surface area contributed by atoms with Gasteiger partial charge in [-0.25, -0.2) is 13.2 Å². The van der Waals surface area contributed by atoms with Gasteiger partial charge >= 0.3 is 0 Å². The lowest BCUT2D eigenvalue weighted by Gasteiger charge is -2.40. The van der Waals surface area contributed by atoms with Crippen LogP contribution in [-0.2, 0) is 15.1 Å². The molecule has 1 atom stereocenters. The van der Waals surface area contributed by atoms with Crippen LogP contribution in [0.3, 0.4) is 0 Å². The topological polar surface area (TPSA) is 87.6 Å². The predicted molar refractivity (Wildman–Crippen MR) is 127 cm³/mol. The second-order valence-electron chi connectivity index (χ2n) is 9.45. The first-order valence-electron chi connectivity index (χ1n) is 11.9. The number of ether oxygens (including phenoxy) is 1. The number of piperidine rings is 1. The average Bonchev–Trinajstić information content (AvgIpc) is 2.83. The zero-order valence-electron chi connectivity index (χ0n) is 19.8. The molecular weight excluding hydrogens is 473 g/mol. The van der Waals surface area contributed by atoms with Crippen LogP contribution in [0.5, 0.6) is 0 Å². The lowest BCUT2D eigenvalue weighted by molar-refractivity contribution is -0.154. The van der Waals surface area contributed by atoms with Crippen molar-refractivity contribution in [2.24, 2.45) is 5.92 Å². The Kier molecular flexibility index (Phi) is 6.57. The SMILES string of the molecule is C[C@@H](Nc1ccnc2cnc(C3(O)CCN(C(=O)C4COC4)CC3)cc12)c1cccc(C(F)F)c1F. The molecule has 10 heteroatoms. The number of anilines is 1. The molecule has 3 aromatic rings. The van der Waals surface area contributed by atoms with Crippen LogP contribution >= 0.6 is 0 Å². The Hall–Kier alpha value is -3.24. The molecule has 0 unspecified atom stereocenters.